The minimum atomic E-state index is -0.390. The average molecular weight is 305 g/mol. The van der Waals surface area contributed by atoms with Crippen LogP contribution in [0.5, 0.6) is 0 Å². The number of hydrogen-bond acceptors (Lipinski definition) is 4. The number of nitrogens with zero attached hydrogens (tertiary/aromatic N) is 2. The number of carbonyl (C=O) groups is 2. The fourth-order valence-electron chi connectivity index (χ4n) is 1.95. The largest absolute Gasteiger partial charge is 0.469 e. The molecule has 0 saturated carbocycles. The molecular formula is C15H16FN3O3. The van der Waals surface area contributed by atoms with Crippen LogP contribution < -0.4 is 5.32 Å². The standard InChI is InChI=1S/C15H16FN3O3/c1-10-13(15(21)17-8-7-14(20)22-2)9-18-19(10)12-5-3-11(16)4-6-12/h3-6,9H,7-8H2,1-2H3,(H,17,21). The molecule has 0 unspecified atom stereocenters. The topological polar surface area (TPSA) is 73.2 Å². The Morgan fingerprint density at radius 1 is 1.32 bits per heavy atom. The van der Waals surface area contributed by atoms with Crippen LogP contribution in [0.15, 0.2) is 30.5 Å². The summed E-state index contributed by atoms with van der Waals surface area (Å²) in [4.78, 5) is 23.1. The lowest BCUT2D eigenvalue weighted by molar-refractivity contribution is -0.140. The van der Waals surface area contributed by atoms with Crippen LogP contribution in [0.2, 0.25) is 0 Å². The number of rotatable bonds is 5. The molecule has 0 aliphatic rings. The summed E-state index contributed by atoms with van der Waals surface area (Å²) in [7, 11) is 1.29. The molecule has 0 spiro atoms. The van der Waals surface area contributed by atoms with E-state index in [0.29, 0.717) is 16.9 Å². The number of esters is 1. The molecule has 1 aromatic heterocycles. The molecule has 0 atom stereocenters. The van der Waals surface area contributed by atoms with Gasteiger partial charge in [-0.3, -0.25) is 9.59 Å². The van der Waals surface area contributed by atoms with Crippen LogP contribution >= 0.6 is 0 Å². The molecule has 1 amide bonds. The third-order valence-electron chi connectivity index (χ3n) is 3.17. The second kappa shape index (κ2) is 6.84. The Bertz CT molecular complexity index is 680. The van der Waals surface area contributed by atoms with Crippen LogP contribution in [0, 0.1) is 12.7 Å². The van der Waals surface area contributed by atoms with Gasteiger partial charge in [-0.15, -0.1) is 0 Å². The summed E-state index contributed by atoms with van der Waals surface area (Å²) in [6.45, 7) is 1.93. The monoisotopic (exact) mass is 305 g/mol. The lowest BCUT2D eigenvalue weighted by atomic mass is 10.2. The van der Waals surface area contributed by atoms with Gasteiger partial charge >= 0.3 is 5.97 Å². The predicted molar refractivity (Wildman–Crippen MR) is 77.2 cm³/mol. The van der Waals surface area contributed by atoms with E-state index >= 15 is 0 Å². The van der Waals surface area contributed by atoms with E-state index in [1.54, 1.807) is 23.7 Å². The summed E-state index contributed by atoms with van der Waals surface area (Å²) in [5.41, 5.74) is 1.68. The van der Waals surface area contributed by atoms with Crippen molar-refractivity contribution in [1.29, 1.82) is 0 Å². The van der Waals surface area contributed by atoms with Gasteiger partial charge in [0, 0.05) is 6.54 Å². The van der Waals surface area contributed by atoms with E-state index in [4.69, 9.17) is 0 Å². The van der Waals surface area contributed by atoms with Crippen LogP contribution in [0.4, 0.5) is 4.39 Å². The van der Waals surface area contributed by atoms with E-state index in [-0.39, 0.29) is 30.7 Å². The Balaban J connectivity index is 2.08. The first-order chi connectivity index (χ1) is 10.5. The van der Waals surface area contributed by atoms with Crippen LogP contribution in [-0.4, -0.2) is 35.3 Å². The third kappa shape index (κ3) is 3.49. The maximum Gasteiger partial charge on any atom is 0.307 e. The molecular weight excluding hydrogens is 289 g/mol. The van der Waals surface area contributed by atoms with Gasteiger partial charge in [0.05, 0.1) is 36.7 Å². The molecule has 1 N–H and O–H groups in total. The van der Waals surface area contributed by atoms with Crippen molar-refractivity contribution in [2.24, 2.45) is 0 Å². The SMILES string of the molecule is COC(=O)CCNC(=O)c1cnn(-c2ccc(F)cc2)c1C. The fourth-order valence-corrected chi connectivity index (χ4v) is 1.95. The molecule has 0 saturated heterocycles. The van der Waals surface area contributed by atoms with Gasteiger partial charge in [0.1, 0.15) is 5.82 Å². The molecule has 7 heteroatoms. The van der Waals surface area contributed by atoms with Gasteiger partial charge in [0.2, 0.25) is 0 Å². The summed E-state index contributed by atoms with van der Waals surface area (Å²) >= 11 is 0. The Morgan fingerprint density at radius 3 is 2.64 bits per heavy atom. The molecule has 6 nitrogen and oxygen atoms in total. The van der Waals surface area contributed by atoms with Gasteiger partial charge < -0.3 is 10.1 Å². The second-order valence-electron chi connectivity index (χ2n) is 4.61. The molecule has 22 heavy (non-hydrogen) atoms. The van der Waals surface area contributed by atoms with Gasteiger partial charge in [0.15, 0.2) is 0 Å². The van der Waals surface area contributed by atoms with Gasteiger partial charge in [-0.25, -0.2) is 9.07 Å². The Hall–Kier alpha value is -2.70. The fraction of sp³-hybridized carbons (Fsp3) is 0.267. The molecule has 1 aromatic carbocycles. The van der Waals surface area contributed by atoms with Crippen molar-refractivity contribution in [3.05, 3.63) is 47.5 Å². The van der Waals surface area contributed by atoms with E-state index in [1.807, 2.05) is 0 Å². The van der Waals surface area contributed by atoms with E-state index in [2.05, 4.69) is 15.2 Å². The number of carbonyl (C=O) groups excluding carboxylic acids is 2. The summed E-state index contributed by atoms with van der Waals surface area (Å²) in [5, 5.41) is 6.76. The zero-order chi connectivity index (χ0) is 16.1. The maximum atomic E-state index is 12.9. The third-order valence-corrected chi connectivity index (χ3v) is 3.17. The Kier molecular flexibility index (Phi) is 4.88. The number of hydrogen-bond donors (Lipinski definition) is 1. The first-order valence-corrected chi connectivity index (χ1v) is 6.68. The number of aromatic nitrogens is 2. The minimum absolute atomic E-state index is 0.105. The molecule has 2 aromatic rings. The molecule has 2 rings (SSSR count). The quantitative estimate of drug-likeness (QED) is 0.852. The highest BCUT2D eigenvalue weighted by molar-refractivity contribution is 5.95. The van der Waals surface area contributed by atoms with Crippen LogP contribution in [-0.2, 0) is 9.53 Å². The van der Waals surface area contributed by atoms with Crippen molar-refractivity contribution in [3.63, 3.8) is 0 Å². The minimum Gasteiger partial charge on any atom is -0.469 e. The van der Waals surface area contributed by atoms with Crippen molar-refractivity contribution < 1.29 is 18.7 Å². The predicted octanol–water partition coefficient (Wildman–Crippen LogP) is 1.61. The van der Waals surface area contributed by atoms with Gasteiger partial charge in [0.25, 0.3) is 5.91 Å². The highest BCUT2D eigenvalue weighted by Crippen LogP contribution is 2.14. The van der Waals surface area contributed by atoms with Crippen molar-refractivity contribution in [3.8, 4) is 5.69 Å². The lowest BCUT2D eigenvalue weighted by Gasteiger charge is -2.06. The molecule has 0 aliphatic carbocycles. The highest BCUT2D eigenvalue weighted by Gasteiger charge is 2.15. The smallest absolute Gasteiger partial charge is 0.307 e. The van der Waals surface area contributed by atoms with Crippen LogP contribution in [0.3, 0.4) is 0 Å². The molecule has 0 bridgehead atoms. The number of halogens is 1. The molecule has 0 radical (unpaired) electrons. The summed E-state index contributed by atoms with van der Waals surface area (Å²) in [5.74, 6) is -1.05. The first kappa shape index (κ1) is 15.7. The molecule has 116 valence electrons. The van der Waals surface area contributed by atoms with Crippen molar-refractivity contribution in [2.75, 3.05) is 13.7 Å². The lowest BCUT2D eigenvalue weighted by Crippen LogP contribution is -2.26. The Morgan fingerprint density at radius 2 is 2.00 bits per heavy atom. The molecule has 0 fully saturated rings. The van der Waals surface area contributed by atoms with Gasteiger partial charge in [-0.2, -0.15) is 5.10 Å². The van der Waals surface area contributed by atoms with Gasteiger partial charge in [-0.05, 0) is 31.2 Å². The summed E-state index contributed by atoms with van der Waals surface area (Å²) < 4.78 is 19.0. The maximum absolute atomic E-state index is 12.9. The second-order valence-corrected chi connectivity index (χ2v) is 4.61. The zero-order valence-corrected chi connectivity index (χ0v) is 12.3. The number of methoxy groups -OCH3 is 1. The van der Waals surface area contributed by atoms with Crippen molar-refractivity contribution in [1.82, 2.24) is 15.1 Å². The van der Waals surface area contributed by atoms with E-state index < -0.39 is 0 Å². The Labute approximate surface area is 126 Å². The summed E-state index contributed by atoms with van der Waals surface area (Å²) in [6, 6.07) is 5.81. The average Bonchev–Trinajstić information content (AvgIpc) is 2.89. The van der Waals surface area contributed by atoms with Gasteiger partial charge in [-0.1, -0.05) is 0 Å². The van der Waals surface area contributed by atoms with Crippen LogP contribution in [0.1, 0.15) is 22.5 Å². The number of benzene rings is 1. The normalized spacial score (nSPS) is 10.3. The van der Waals surface area contributed by atoms with E-state index in [0.717, 1.165) is 0 Å². The molecule has 0 aliphatic heterocycles. The van der Waals surface area contributed by atoms with E-state index in [1.165, 1.54) is 25.4 Å². The number of amides is 1. The number of nitrogens with one attached hydrogen (secondary N) is 1. The summed E-state index contributed by atoms with van der Waals surface area (Å²) in [6.07, 6.45) is 1.54. The molecule has 1 heterocycles. The van der Waals surface area contributed by atoms with Crippen LogP contribution in [0.25, 0.3) is 5.69 Å². The first-order valence-electron chi connectivity index (χ1n) is 6.68. The van der Waals surface area contributed by atoms with E-state index in [9.17, 15) is 14.0 Å². The van der Waals surface area contributed by atoms with Crippen molar-refractivity contribution >= 4 is 11.9 Å². The van der Waals surface area contributed by atoms with Crippen molar-refractivity contribution in [2.45, 2.75) is 13.3 Å². The highest BCUT2D eigenvalue weighted by atomic mass is 19.1. The zero-order valence-electron chi connectivity index (χ0n) is 12.3. The number of ether oxygens (including phenoxy) is 1.